The number of rotatable bonds is 1. The van der Waals surface area contributed by atoms with Crippen molar-refractivity contribution >= 4 is 17.6 Å². The second-order valence-electron chi connectivity index (χ2n) is 3.26. The lowest BCUT2D eigenvalue weighted by molar-refractivity contribution is 0.558. The van der Waals surface area contributed by atoms with Gasteiger partial charge < -0.3 is 5.73 Å². The fraction of sp³-hybridized carbons (Fsp3) is 0.571. The van der Waals surface area contributed by atoms with Crippen molar-refractivity contribution in [1.82, 2.24) is 10.2 Å². The Kier molecular flexibility index (Phi) is 1.39. The molecule has 0 spiro atoms. The van der Waals surface area contributed by atoms with E-state index in [9.17, 15) is 0 Å². The summed E-state index contributed by atoms with van der Waals surface area (Å²) in [6.07, 6.45) is 0. The van der Waals surface area contributed by atoms with E-state index >= 15 is 0 Å². The van der Waals surface area contributed by atoms with E-state index in [-0.39, 0.29) is 0 Å². The van der Waals surface area contributed by atoms with Crippen LogP contribution in [0.5, 0.6) is 0 Å². The first-order chi connectivity index (χ1) is 5.21. The highest BCUT2D eigenvalue weighted by atomic mass is 32.2. The molecule has 60 valence electrons. The summed E-state index contributed by atoms with van der Waals surface area (Å²) in [4.78, 5) is 0. The van der Waals surface area contributed by atoms with Crippen LogP contribution in [0.3, 0.4) is 0 Å². The molecule has 0 unspecified atom stereocenters. The number of aromatic amines is 1. The Balaban J connectivity index is 2.28. The molecule has 2 rings (SSSR count). The number of nitrogens with zero attached hydrogens (tertiary/aromatic N) is 1. The topological polar surface area (TPSA) is 54.7 Å². The molecule has 0 amide bonds. The van der Waals surface area contributed by atoms with Crippen molar-refractivity contribution < 1.29 is 0 Å². The van der Waals surface area contributed by atoms with Gasteiger partial charge in [-0.2, -0.15) is 16.9 Å². The maximum atomic E-state index is 5.50. The van der Waals surface area contributed by atoms with Crippen molar-refractivity contribution in [2.75, 3.05) is 17.2 Å². The molecule has 3 N–H and O–H groups in total. The normalized spacial score (nSPS) is 21.2. The summed E-state index contributed by atoms with van der Waals surface area (Å²) in [5.74, 6) is 2.95. The highest BCUT2D eigenvalue weighted by Crippen LogP contribution is 2.39. The number of anilines is 1. The van der Waals surface area contributed by atoms with E-state index < -0.39 is 0 Å². The minimum atomic E-state index is 0.301. The van der Waals surface area contributed by atoms with Gasteiger partial charge in [-0.25, -0.2) is 0 Å². The van der Waals surface area contributed by atoms with Gasteiger partial charge in [0.15, 0.2) is 0 Å². The van der Waals surface area contributed by atoms with E-state index in [0.29, 0.717) is 11.2 Å². The van der Waals surface area contributed by atoms with Crippen molar-refractivity contribution in [2.45, 2.75) is 12.3 Å². The molecule has 2 heterocycles. The Morgan fingerprint density at radius 1 is 1.73 bits per heavy atom. The third-order valence-corrected chi connectivity index (χ3v) is 3.77. The molecule has 0 radical (unpaired) electrons. The number of nitrogen functional groups attached to an aromatic ring is 1. The minimum absolute atomic E-state index is 0.301. The van der Waals surface area contributed by atoms with E-state index in [2.05, 4.69) is 17.1 Å². The van der Waals surface area contributed by atoms with E-state index in [1.165, 1.54) is 17.2 Å². The number of H-pyrrole nitrogens is 1. The standard InChI is InChI=1S/C7H11N3S/c1-7(3-11-4-7)5-2-6(8)10-9-5/h2H,3-4H2,1H3,(H3,8,9,10). The zero-order valence-electron chi connectivity index (χ0n) is 6.42. The summed E-state index contributed by atoms with van der Waals surface area (Å²) in [6.45, 7) is 2.23. The summed E-state index contributed by atoms with van der Waals surface area (Å²) in [6, 6.07) is 1.93. The quantitative estimate of drug-likeness (QED) is 0.659. The predicted molar refractivity (Wildman–Crippen MR) is 47.7 cm³/mol. The number of nitrogens with two attached hydrogens (primary N) is 1. The number of thioether (sulfide) groups is 1. The van der Waals surface area contributed by atoms with Gasteiger partial charge in [0, 0.05) is 28.7 Å². The van der Waals surface area contributed by atoms with Crippen molar-refractivity contribution in [2.24, 2.45) is 0 Å². The molecule has 0 aliphatic carbocycles. The van der Waals surface area contributed by atoms with Crippen molar-refractivity contribution in [3.05, 3.63) is 11.8 Å². The fourth-order valence-electron chi connectivity index (χ4n) is 1.21. The highest BCUT2D eigenvalue weighted by molar-refractivity contribution is 8.00. The first-order valence-corrected chi connectivity index (χ1v) is 4.75. The Morgan fingerprint density at radius 3 is 2.82 bits per heavy atom. The smallest absolute Gasteiger partial charge is 0.145 e. The summed E-state index contributed by atoms with van der Waals surface area (Å²) in [5, 5.41) is 6.87. The van der Waals surface area contributed by atoms with Crippen LogP contribution >= 0.6 is 11.8 Å². The molecular weight excluding hydrogens is 158 g/mol. The molecule has 1 aliphatic heterocycles. The number of aromatic nitrogens is 2. The third kappa shape index (κ3) is 1.01. The maximum Gasteiger partial charge on any atom is 0.145 e. The van der Waals surface area contributed by atoms with Crippen LogP contribution in [0.4, 0.5) is 5.82 Å². The van der Waals surface area contributed by atoms with Crippen LogP contribution < -0.4 is 5.73 Å². The molecule has 11 heavy (non-hydrogen) atoms. The molecule has 0 saturated carbocycles. The lowest BCUT2D eigenvalue weighted by Crippen LogP contribution is -2.37. The SMILES string of the molecule is CC1(c2cc(N)n[nH]2)CSC1. The highest BCUT2D eigenvalue weighted by Gasteiger charge is 2.35. The number of hydrogen-bond acceptors (Lipinski definition) is 3. The average molecular weight is 169 g/mol. The first kappa shape index (κ1) is 7.03. The van der Waals surface area contributed by atoms with Crippen molar-refractivity contribution in [3.8, 4) is 0 Å². The Hall–Kier alpha value is -0.640. The Bertz CT molecular complexity index is 264. The van der Waals surface area contributed by atoms with Gasteiger partial charge in [0.05, 0.1) is 0 Å². The van der Waals surface area contributed by atoms with Gasteiger partial charge in [0.1, 0.15) is 5.82 Å². The number of hydrogen-bond donors (Lipinski definition) is 2. The molecule has 1 aliphatic rings. The van der Waals surface area contributed by atoms with Crippen LogP contribution in [-0.4, -0.2) is 21.7 Å². The lowest BCUT2D eigenvalue weighted by Gasteiger charge is -2.36. The molecule has 4 heteroatoms. The van der Waals surface area contributed by atoms with E-state index in [1.807, 2.05) is 17.8 Å². The first-order valence-electron chi connectivity index (χ1n) is 3.60. The second kappa shape index (κ2) is 2.17. The summed E-state index contributed by atoms with van der Waals surface area (Å²) in [5.41, 5.74) is 6.98. The molecule has 1 aromatic rings. The van der Waals surface area contributed by atoms with Crippen molar-refractivity contribution in [1.29, 1.82) is 0 Å². The summed E-state index contributed by atoms with van der Waals surface area (Å²) >= 11 is 1.96. The molecular formula is C7H11N3S. The zero-order valence-corrected chi connectivity index (χ0v) is 7.24. The van der Waals surface area contributed by atoms with Crippen LogP contribution in [0.1, 0.15) is 12.6 Å². The zero-order chi connectivity index (χ0) is 7.90. The van der Waals surface area contributed by atoms with Gasteiger partial charge in [-0.1, -0.05) is 6.92 Å². The molecule has 3 nitrogen and oxygen atoms in total. The molecule has 1 aromatic heterocycles. The van der Waals surface area contributed by atoms with E-state index in [1.54, 1.807) is 0 Å². The van der Waals surface area contributed by atoms with Gasteiger partial charge >= 0.3 is 0 Å². The van der Waals surface area contributed by atoms with Crippen LogP contribution in [0.2, 0.25) is 0 Å². The second-order valence-corrected chi connectivity index (χ2v) is 4.25. The van der Waals surface area contributed by atoms with E-state index in [0.717, 1.165) is 0 Å². The van der Waals surface area contributed by atoms with Crippen LogP contribution in [0, 0.1) is 0 Å². The average Bonchev–Trinajstić information content (AvgIpc) is 2.31. The monoisotopic (exact) mass is 169 g/mol. The van der Waals surface area contributed by atoms with E-state index in [4.69, 9.17) is 5.73 Å². The van der Waals surface area contributed by atoms with Crippen molar-refractivity contribution in [3.63, 3.8) is 0 Å². The Morgan fingerprint density at radius 2 is 2.45 bits per heavy atom. The lowest BCUT2D eigenvalue weighted by atomic mass is 9.91. The molecule has 0 bridgehead atoms. The van der Waals surface area contributed by atoms with Gasteiger partial charge in [0.25, 0.3) is 0 Å². The summed E-state index contributed by atoms with van der Waals surface area (Å²) < 4.78 is 0. The van der Waals surface area contributed by atoms with Crippen LogP contribution in [0.25, 0.3) is 0 Å². The van der Waals surface area contributed by atoms with Crippen LogP contribution in [-0.2, 0) is 5.41 Å². The predicted octanol–water partition coefficient (Wildman–Crippen LogP) is 0.996. The number of nitrogens with one attached hydrogen (secondary N) is 1. The Labute approximate surface area is 69.7 Å². The largest absolute Gasteiger partial charge is 0.382 e. The van der Waals surface area contributed by atoms with Gasteiger partial charge in [-0.15, -0.1) is 0 Å². The molecule has 1 saturated heterocycles. The molecule has 0 aromatic carbocycles. The molecule has 0 atom stereocenters. The minimum Gasteiger partial charge on any atom is -0.382 e. The third-order valence-electron chi connectivity index (χ3n) is 2.09. The van der Waals surface area contributed by atoms with Gasteiger partial charge in [0.2, 0.25) is 0 Å². The summed E-state index contributed by atoms with van der Waals surface area (Å²) in [7, 11) is 0. The van der Waals surface area contributed by atoms with Gasteiger partial charge in [-0.3, -0.25) is 5.10 Å². The van der Waals surface area contributed by atoms with Crippen LogP contribution in [0.15, 0.2) is 6.07 Å². The molecule has 1 fully saturated rings. The fourth-order valence-corrected chi connectivity index (χ4v) is 2.34. The maximum absolute atomic E-state index is 5.50. The van der Waals surface area contributed by atoms with Gasteiger partial charge in [-0.05, 0) is 0 Å².